The number of aryl methyl sites for hydroxylation is 1. The van der Waals surface area contributed by atoms with Crippen LogP contribution in [0.5, 0.6) is 0 Å². The SMILES string of the molecule is Cc1cc2c(cc1N1B3c4c(cc5ccccc5c4-n4c5ccccc5c5cccc3c54)-c3ccc4c5cccc6c7ccccc7n(c4c31)c65)C(C)(C)CCC2(C)C. The Morgan fingerprint density at radius 1 is 0.492 bits per heavy atom. The number of para-hydroxylation sites is 4. The zero-order valence-corrected chi connectivity index (χ0v) is 34.1. The Bertz CT molecular complexity index is 3710. The number of benzene rings is 8. The molecule has 0 N–H and O–H groups in total. The monoisotopic (exact) mass is 755 g/mol. The van der Waals surface area contributed by atoms with Crippen molar-refractivity contribution in [3.63, 3.8) is 0 Å². The Morgan fingerprint density at radius 3 is 1.86 bits per heavy atom. The highest BCUT2D eigenvalue weighted by Gasteiger charge is 2.47. The first kappa shape index (κ1) is 32.4. The average Bonchev–Trinajstić information content (AvgIpc) is 3.90. The molecule has 3 aliphatic rings. The van der Waals surface area contributed by atoms with Gasteiger partial charge in [0.2, 0.25) is 0 Å². The third-order valence-electron chi connectivity index (χ3n) is 15.2. The molecule has 3 nitrogen and oxygen atoms in total. The summed E-state index contributed by atoms with van der Waals surface area (Å²) in [5.74, 6) is 0. The van der Waals surface area contributed by atoms with Crippen LogP contribution in [0.2, 0.25) is 0 Å². The highest BCUT2D eigenvalue weighted by atomic mass is 15.1. The van der Waals surface area contributed by atoms with Gasteiger partial charge in [-0.3, -0.25) is 0 Å². The Kier molecular flexibility index (Phi) is 5.81. The molecule has 8 aromatic carbocycles. The smallest absolute Gasteiger partial charge is 0.333 e. The summed E-state index contributed by atoms with van der Waals surface area (Å²) >= 11 is 0. The van der Waals surface area contributed by atoms with E-state index >= 15 is 0 Å². The van der Waals surface area contributed by atoms with E-state index < -0.39 is 0 Å². The van der Waals surface area contributed by atoms with Crippen LogP contribution in [0.25, 0.3) is 87.5 Å². The van der Waals surface area contributed by atoms with Gasteiger partial charge in [-0.1, -0.05) is 143 Å². The van der Waals surface area contributed by atoms with Crippen molar-refractivity contribution in [2.45, 2.75) is 58.3 Å². The van der Waals surface area contributed by atoms with Crippen molar-refractivity contribution in [1.82, 2.24) is 8.97 Å². The Balaban J connectivity index is 1.24. The molecule has 0 saturated carbocycles. The van der Waals surface area contributed by atoms with Gasteiger partial charge >= 0.3 is 6.85 Å². The van der Waals surface area contributed by atoms with Gasteiger partial charge in [0, 0.05) is 49.0 Å². The Morgan fingerprint density at radius 2 is 1.08 bits per heavy atom. The summed E-state index contributed by atoms with van der Waals surface area (Å²) in [7, 11) is 0. The third-order valence-corrected chi connectivity index (χ3v) is 15.2. The lowest BCUT2D eigenvalue weighted by Gasteiger charge is -2.46. The minimum absolute atomic E-state index is 0.0574. The molecule has 0 bridgehead atoms. The Hall–Kier alpha value is -6.52. The number of rotatable bonds is 1. The molecule has 0 saturated heterocycles. The van der Waals surface area contributed by atoms with Crippen LogP contribution in [0.4, 0.5) is 11.4 Å². The van der Waals surface area contributed by atoms with E-state index in [4.69, 9.17) is 0 Å². The van der Waals surface area contributed by atoms with Crippen molar-refractivity contribution < 1.29 is 0 Å². The van der Waals surface area contributed by atoms with Gasteiger partial charge in [-0.05, 0) is 93.4 Å². The second-order valence-electron chi connectivity index (χ2n) is 19.1. The van der Waals surface area contributed by atoms with E-state index in [2.05, 4.69) is 188 Å². The molecular weight excluding hydrogens is 713 g/mol. The van der Waals surface area contributed by atoms with Crippen LogP contribution in [0.15, 0.2) is 140 Å². The molecule has 14 rings (SSSR count). The standard InChI is InChI=1S/C55H42BN3/c1-31-28-42-43(55(4,5)27-26-54(42,2)3)30-47(31)59-53-40(25-24-39-38-19-12-18-36-34-16-8-10-22-45(34)57(49(36)38)52(39)53)41-29-32-14-6-7-15-33(32)51-48(41)56(59)44-21-13-20-37-35-17-9-11-23-46(35)58(51)50(37)44/h6-25,28-30H,26-27H2,1-5H3. The molecule has 0 fully saturated rings. The normalized spacial score (nSPS) is 16.3. The van der Waals surface area contributed by atoms with Gasteiger partial charge in [-0.15, -0.1) is 0 Å². The van der Waals surface area contributed by atoms with E-state index in [1.54, 1.807) is 0 Å². The van der Waals surface area contributed by atoms with Crippen molar-refractivity contribution in [2.24, 2.45) is 0 Å². The molecule has 1 aliphatic carbocycles. The molecule has 3 aromatic heterocycles. The number of aromatic nitrogens is 2. The van der Waals surface area contributed by atoms with E-state index in [1.807, 2.05) is 0 Å². The van der Waals surface area contributed by atoms with Crippen LogP contribution in [0.1, 0.15) is 57.2 Å². The van der Waals surface area contributed by atoms with Crippen LogP contribution in [0, 0.1) is 6.92 Å². The zero-order chi connectivity index (χ0) is 39.3. The van der Waals surface area contributed by atoms with Crippen molar-refractivity contribution in [1.29, 1.82) is 0 Å². The van der Waals surface area contributed by atoms with E-state index in [0.717, 1.165) is 0 Å². The van der Waals surface area contributed by atoms with Crippen LogP contribution in [0.3, 0.4) is 0 Å². The second-order valence-corrected chi connectivity index (χ2v) is 19.1. The number of hydrogen-bond donors (Lipinski definition) is 0. The number of nitrogens with zero attached hydrogens (tertiary/aromatic N) is 3. The predicted molar refractivity (Wildman–Crippen MR) is 252 cm³/mol. The van der Waals surface area contributed by atoms with Gasteiger partial charge < -0.3 is 13.8 Å². The molecule has 4 heteroatoms. The summed E-state index contributed by atoms with van der Waals surface area (Å²) in [4.78, 5) is 2.82. The highest BCUT2D eigenvalue weighted by molar-refractivity contribution is 6.94. The summed E-state index contributed by atoms with van der Waals surface area (Å²) in [6.45, 7) is 12.2. The van der Waals surface area contributed by atoms with E-state index in [1.165, 1.54) is 139 Å². The zero-order valence-electron chi connectivity index (χ0n) is 34.1. The van der Waals surface area contributed by atoms with Crippen molar-refractivity contribution in [3.8, 4) is 16.8 Å². The van der Waals surface area contributed by atoms with E-state index in [9.17, 15) is 0 Å². The van der Waals surface area contributed by atoms with Crippen molar-refractivity contribution in [2.75, 3.05) is 4.81 Å². The summed E-state index contributed by atoms with van der Waals surface area (Å²) in [5, 5.41) is 10.5. The van der Waals surface area contributed by atoms with E-state index in [0.29, 0.717) is 0 Å². The van der Waals surface area contributed by atoms with Gasteiger partial charge in [0.25, 0.3) is 0 Å². The molecule has 0 atom stereocenters. The maximum atomic E-state index is 2.82. The van der Waals surface area contributed by atoms with Crippen LogP contribution in [-0.4, -0.2) is 15.8 Å². The maximum absolute atomic E-state index is 2.82. The number of fused-ring (bicyclic) bond motifs is 17. The molecule has 280 valence electrons. The summed E-state index contributed by atoms with van der Waals surface area (Å²) in [6.07, 6.45) is 2.37. The van der Waals surface area contributed by atoms with Gasteiger partial charge in [0.15, 0.2) is 0 Å². The van der Waals surface area contributed by atoms with Gasteiger partial charge in [0.05, 0.1) is 39.0 Å². The maximum Gasteiger partial charge on any atom is 0.333 e. The number of anilines is 2. The summed E-state index contributed by atoms with van der Waals surface area (Å²) < 4.78 is 5.24. The molecule has 0 amide bonds. The predicted octanol–water partition coefficient (Wildman–Crippen LogP) is 13.0. The third kappa shape index (κ3) is 3.79. The van der Waals surface area contributed by atoms with Gasteiger partial charge in [-0.2, -0.15) is 0 Å². The lowest BCUT2D eigenvalue weighted by atomic mass is 9.43. The van der Waals surface area contributed by atoms with Crippen LogP contribution in [-0.2, 0) is 10.8 Å². The number of hydrogen-bond acceptors (Lipinski definition) is 1. The first-order valence-corrected chi connectivity index (χ1v) is 21.4. The molecule has 2 aliphatic heterocycles. The molecule has 11 aromatic rings. The topological polar surface area (TPSA) is 12.6 Å². The molecule has 0 radical (unpaired) electrons. The lowest BCUT2D eigenvalue weighted by molar-refractivity contribution is 0.332. The molecule has 0 spiro atoms. The minimum atomic E-state index is -0.0680. The first-order chi connectivity index (χ1) is 28.7. The molecule has 0 unspecified atom stereocenters. The fourth-order valence-corrected chi connectivity index (χ4v) is 12.3. The van der Waals surface area contributed by atoms with Crippen molar-refractivity contribution >= 4 is 99.8 Å². The molecular formula is C55H42BN3. The van der Waals surface area contributed by atoms with Gasteiger partial charge in [0.1, 0.15) is 0 Å². The quantitative estimate of drug-likeness (QED) is 0.152. The van der Waals surface area contributed by atoms with Crippen LogP contribution < -0.4 is 15.7 Å². The average molecular weight is 756 g/mol. The fourth-order valence-electron chi connectivity index (χ4n) is 12.3. The lowest BCUT2D eigenvalue weighted by Crippen LogP contribution is -2.61. The molecule has 5 heterocycles. The first-order valence-electron chi connectivity index (χ1n) is 21.4. The van der Waals surface area contributed by atoms with Crippen LogP contribution >= 0.6 is 0 Å². The second kappa shape index (κ2) is 10.6. The summed E-state index contributed by atoms with van der Waals surface area (Å²) in [5.41, 5.74) is 20.3. The minimum Gasteiger partial charge on any atom is -0.374 e. The molecule has 59 heavy (non-hydrogen) atoms. The van der Waals surface area contributed by atoms with E-state index in [-0.39, 0.29) is 17.7 Å². The van der Waals surface area contributed by atoms with Crippen molar-refractivity contribution in [3.05, 3.63) is 156 Å². The highest BCUT2D eigenvalue weighted by Crippen LogP contribution is 2.54. The van der Waals surface area contributed by atoms with Gasteiger partial charge in [-0.25, -0.2) is 0 Å². The fraction of sp³-hybridized carbons (Fsp3) is 0.164. The largest absolute Gasteiger partial charge is 0.374 e. The summed E-state index contributed by atoms with van der Waals surface area (Å²) in [6, 6.07) is 53.8. The Labute approximate surface area is 343 Å².